The number of carbonyl (C=O) groups excluding carboxylic acids is 2. The zero-order valence-corrected chi connectivity index (χ0v) is 20.6. The summed E-state index contributed by atoms with van der Waals surface area (Å²) in [5, 5.41) is 29.3. The van der Waals surface area contributed by atoms with Crippen molar-refractivity contribution in [2.75, 3.05) is 10.6 Å². The first-order valence-electron chi connectivity index (χ1n) is 11.2. The molecule has 5 rings (SSSR count). The van der Waals surface area contributed by atoms with E-state index >= 15 is 0 Å². The lowest BCUT2D eigenvalue weighted by molar-refractivity contribution is -0.115. The van der Waals surface area contributed by atoms with Gasteiger partial charge in [0.25, 0.3) is 5.91 Å². The molecule has 0 bridgehead atoms. The van der Waals surface area contributed by atoms with Crippen LogP contribution in [0.1, 0.15) is 51.4 Å². The molecule has 0 aromatic carbocycles. The number of hydrogen-bond acceptors (Lipinski definition) is 10. The third kappa shape index (κ3) is 5.92. The first-order valence-corrected chi connectivity index (χ1v) is 12.8. The molecule has 11 nitrogen and oxygen atoms in total. The summed E-state index contributed by atoms with van der Waals surface area (Å²) < 4.78 is 1.58. The summed E-state index contributed by atoms with van der Waals surface area (Å²) in [4.78, 5) is 28.7. The summed E-state index contributed by atoms with van der Waals surface area (Å²) in [6.45, 7) is 0. The van der Waals surface area contributed by atoms with Crippen LogP contribution in [0.3, 0.4) is 0 Å². The molecule has 0 aliphatic heterocycles. The molecule has 35 heavy (non-hydrogen) atoms. The normalized spacial score (nSPS) is 17.4. The number of carbonyl (C=O) groups is 2. The molecular formula is C22H23N9O2S2. The van der Waals surface area contributed by atoms with Gasteiger partial charge < -0.3 is 5.32 Å². The average molecular weight is 510 g/mol. The topological polar surface area (TPSA) is 140 Å². The van der Waals surface area contributed by atoms with Gasteiger partial charge in [-0.1, -0.05) is 28.7 Å². The van der Waals surface area contributed by atoms with Crippen molar-refractivity contribution in [1.29, 1.82) is 0 Å². The van der Waals surface area contributed by atoms with Gasteiger partial charge in [0.05, 0.1) is 6.42 Å². The molecule has 2 amide bonds. The lowest BCUT2D eigenvalue weighted by atomic mass is 10.0. The van der Waals surface area contributed by atoms with E-state index in [4.69, 9.17) is 0 Å². The van der Waals surface area contributed by atoms with E-state index in [0.717, 1.165) is 35.7 Å². The van der Waals surface area contributed by atoms with E-state index in [2.05, 4.69) is 41.1 Å². The van der Waals surface area contributed by atoms with Crippen LogP contribution < -0.4 is 10.6 Å². The summed E-state index contributed by atoms with van der Waals surface area (Å²) in [7, 11) is 1.76. The first-order chi connectivity index (χ1) is 17.0. The molecule has 4 heterocycles. The fourth-order valence-electron chi connectivity index (χ4n) is 4.10. The molecule has 0 unspecified atom stereocenters. The summed E-state index contributed by atoms with van der Waals surface area (Å²) >= 11 is 2.82. The molecule has 1 aliphatic carbocycles. The number of pyridine rings is 1. The van der Waals surface area contributed by atoms with E-state index in [9.17, 15) is 9.59 Å². The van der Waals surface area contributed by atoms with E-state index in [-0.39, 0.29) is 18.2 Å². The highest BCUT2D eigenvalue weighted by Gasteiger charge is 2.29. The minimum absolute atomic E-state index is 0.155. The molecule has 4 aromatic heterocycles. The van der Waals surface area contributed by atoms with Crippen LogP contribution in [0.25, 0.3) is 0 Å². The fraction of sp³-hybridized carbons (Fsp3) is 0.364. The zero-order chi connectivity index (χ0) is 24.2. The molecule has 1 fully saturated rings. The highest BCUT2D eigenvalue weighted by atomic mass is 32.1. The van der Waals surface area contributed by atoms with Gasteiger partial charge >= 0.3 is 0 Å². The molecule has 0 radical (unpaired) electrons. The van der Waals surface area contributed by atoms with E-state index in [1.54, 1.807) is 30.2 Å². The predicted octanol–water partition coefficient (Wildman–Crippen LogP) is 3.08. The maximum absolute atomic E-state index is 12.3. The van der Waals surface area contributed by atoms with E-state index in [1.165, 1.54) is 22.7 Å². The molecule has 0 saturated heterocycles. The van der Waals surface area contributed by atoms with Crippen LogP contribution in [0.15, 0.2) is 36.7 Å². The van der Waals surface area contributed by atoms with Crippen molar-refractivity contribution in [2.24, 2.45) is 13.0 Å². The number of aryl methyl sites for hydroxylation is 1. The van der Waals surface area contributed by atoms with Gasteiger partial charge in [-0.3, -0.25) is 24.6 Å². The number of amides is 2. The molecule has 0 spiro atoms. The molecule has 1 aliphatic rings. The first kappa shape index (κ1) is 23.2. The second-order valence-electron chi connectivity index (χ2n) is 8.40. The second-order valence-corrected chi connectivity index (χ2v) is 10.5. The monoisotopic (exact) mass is 509 g/mol. The Morgan fingerprint density at radius 3 is 2.71 bits per heavy atom. The number of nitrogens with one attached hydrogen (secondary N) is 2. The summed E-state index contributed by atoms with van der Waals surface area (Å²) in [6.07, 6.45) is 7.44. The van der Waals surface area contributed by atoms with Gasteiger partial charge in [-0.15, -0.1) is 20.4 Å². The minimum Gasteiger partial charge on any atom is -0.300 e. The Bertz CT molecular complexity index is 1320. The molecule has 2 atom stereocenters. The Morgan fingerprint density at radius 1 is 1.06 bits per heavy atom. The summed E-state index contributed by atoms with van der Waals surface area (Å²) in [5.41, 5.74) is 1.05. The molecule has 13 heteroatoms. The Kier molecular flexibility index (Phi) is 6.86. The maximum Gasteiger partial charge on any atom is 0.277 e. The Morgan fingerprint density at radius 2 is 1.91 bits per heavy atom. The molecule has 2 N–H and O–H groups in total. The third-order valence-corrected chi connectivity index (χ3v) is 7.60. The lowest BCUT2D eigenvalue weighted by Gasteiger charge is -2.06. The largest absolute Gasteiger partial charge is 0.300 e. The van der Waals surface area contributed by atoms with Gasteiger partial charge in [0.15, 0.2) is 5.69 Å². The van der Waals surface area contributed by atoms with Crippen molar-refractivity contribution < 1.29 is 9.59 Å². The van der Waals surface area contributed by atoms with Crippen molar-refractivity contribution in [2.45, 2.75) is 38.0 Å². The molecular weight excluding hydrogens is 486 g/mol. The Balaban J connectivity index is 1.11. The number of hydrogen-bond donors (Lipinski definition) is 2. The molecule has 4 aromatic rings. The van der Waals surface area contributed by atoms with Crippen molar-refractivity contribution in [3.63, 3.8) is 0 Å². The molecule has 180 valence electrons. The standard InChI is InChI=1S/C22H23N9O2S2/c1-31-9-7-16(30-31)19(33)25-22-28-26-18(34-22)11-13-5-6-14(10-13)20-27-29-21(35-20)24-17(32)12-15-4-2-3-8-23-15/h2-4,7-9,13-14H,5-6,10-12H2,1H3,(H,24,29,32)(H,25,28,33)/t13-,14+/m0/s1. The number of aromatic nitrogens is 7. The number of rotatable bonds is 8. The lowest BCUT2D eigenvalue weighted by Crippen LogP contribution is -2.14. The SMILES string of the molecule is Cn1ccc(C(=O)Nc2nnc(C[C@H]3CC[C@@H](c4nnc(NC(=O)Cc5ccccn5)s4)C3)s2)n1. The van der Waals surface area contributed by atoms with Crippen molar-refractivity contribution >= 4 is 44.8 Å². The number of anilines is 2. The van der Waals surface area contributed by atoms with Gasteiger partial charge in [0.2, 0.25) is 16.2 Å². The molecule has 1 saturated carbocycles. The number of nitrogens with zero attached hydrogens (tertiary/aromatic N) is 7. The van der Waals surface area contributed by atoms with Crippen LogP contribution in [0.4, 0.5) is 10.3 Å². The summed E-state index contributed by atoms with van der Waals surface area (Å²) in [5.74, 6) is 0.319. The van der Waals surface area contributed by atoms with Crippen molar-refractivity contribution in [1.82, 2.24) is 35.2 Å². The third-order valence-electron chi connectivity index (χ3n) is 5.74. The zero-order valence-electron chi connectivity index (χ0n) is 18.9. The van der Waals surface area contributed by atoms with Crippen LogP contribution in [-0.4, -0.2) is 47.0 Å². The van der Waals surface area contributed by atoms with E-state index < -0.39 is 0 Å². The van der Waals surface area contributed by atoms with E-state index in [0.29, 0.717) is 33.5 Å². The van der Waals surface area contributed by atoms with Crippen LogP contribution >= 0.6 is 22.7 Å². The average Bonchev–Trinajstić information content (AvgIpc) is 3.63. The quantitative estimate of drug-likeness (QED) is 0.369. The van der Waals surface area contributed by atoms with Gasteiger partial charge in [-0.25, -0.2) is 0 Å². The van der Waals surface area contributed by atoms with Crippen LogP contribution in [0.5, 0.6) is 0 Å². The Hall–Kier alpha value is -3.58. The minimum atomic E-state index is -0.298. The van der Waals surface area contributed by atoms with Gasteiger partial charge in [0.1, 0.15) is 10.0 Å². The van der Waals surface area contributed by atoms with Crippen LogP contribution in [0.2, 0.25) is 0 Å². The van der Waals surface area contributed by atoms with Crippen LogP contribution in [-0.2, 0) is 24.7 Å². The van der Waals surface area contributed by atoms with Crippen LogP contribution in [0, 0.1) is 5.92 Å². The van der Waals surface area contributed by atoms with Gasteiger partial charge in [-0.05, 0) is 43.4 Å². The smallest absolute Gasteiger partial charge is 0.277 e. The van der Waals surface area contributed by atoms with Crippen molar-refractivity contribution in [3.05, 3.63) is 58.1 Å². The highest BCUT2D eigenvalue weighted by molar-refractivity contribution is 7.15. The second kappa shape index (κ2) is 10.4. The predicted molar refractivity (Wildman–Crippen MR) is 131 cm³/mol. The van der Waals surface area contributed by atoms with E-state index in [1.807, 2.05) is 18.2 Å². The highest BCUT2D eigenvalue weighted by Crippen LogP contribution is 2.41. The Labute approximate surface area is 209 Å². The maximum atomic E-state index is 12.3. The van der Waals surface area contributed by atoms with Gasteiger partial charge in [0, 0.05) is 37.5 Å². The summed E-state index contributed by atoms with van der Waals surface area (Å²) in [6, 6.07) is 7.15. The van der Waals surface area contributed by atoms with Crippen molar-refractivity contribution in [3.8, 4) is 0 Å². The van der Waals surface area contributed by atoms with Gasteiger partial charge in [-0.2, -0.15) is 5.10 Å². The fourth-order valence-corrected chi connectivity index (χ4v) is 5.85.